The number of carbonyl (C=O) groups excluding carboxylic acids is 1. The van der Waals surface area contributed by atoms with Crippen LogP contribution in [0.15, 0.2) is 12.3 Å². The molecule has 22 heavy (non-hydrogen) atoms. The zero-order valence-electron chi connectivity index (χ0n) is 12.6. The van der Waals surface area contributed by atoms with Gasteiger partial charge in [0.15, 0.2) is 0 Å². The Morgan fingerprint density at radius 1 is 1.50 bits per heavy atom. The van der Waals surface area contributed by atoms with Gasteiger partial charge in [0, 0.05) is 31.9 Å². The fourth-order valence-corrected chi connectivity index (χ4v) is 4.40. The van der Waals surface area contributed by atoms with E-state index in [1.165, 1.54) is 19.3 Å². The maximum atomic E-state index is 11.5. The van der Waals surface area contributed by atoms with E-state index in [4.69, 9.17) is 5.21 Å². The fraction of sp³-hybridized carbons (Fsp3) is 0.625. The van der Waals surface area contributed by atoms with Crippen LogP contribution < -0.4 is 10.8 Å². The van der Waals surface area contributed by atoms with Crippen molar-refractivity contribution in [3.05, 3.63) is 29.1 Å². The number of aromatic nitrogens is 1. The van der Waals surface area contributed by atoms with E-state index >= 15 is 0 Å². The van der Waals surface area contributed by atoms with Crippen LogP contribution >= 0.6 is 0 Å². The van der Waals surface area contributed by atoms with Gasteiger partial charge in [0.05, 0.1) is 11.3 Å². The molecule has 1 saturated heterocycles. The maximum absolute atomic E-state index is 11.5. The lowest BCUT2D eigenvalue weighted by atomic mass is 9.63. The molecule has 118 valence electrons. The number of hydrogen-bond donors (Lipinski definition) is 3. The van der Waals surface area contributed by atoms with Crippen molar-refractivity contribution in [2.75, 3.05) is 19.6 Å². The molecule has 1 aromatic heterocycles. The van der Waals surface area contributed by atoms with Gasteiger partial charge in [-0.05, 0) is 49.3 Å². The highest BCUT2D eigenvalue weighted by atomic mass is 16.5. The van der Waals surface area contributed by atoms with E-state index in [-0.39, 0.29) is 0 Å². The van der Waals surface area contributed by atoms with Gasteiger partial charge in [-0.2, -0.15) is 0 Å². The smallest absolute Gasteiger partial charge is 0.276 e. The lowest BCUT2D eigenvalue weighted by Crippen LogP contribution is -2.57. The minimum absolute atomic E-state index is 0.426. The molecule has 1 aliphatic carbocycles. The second-order valence-corrected chi connectivity index (χ2v) is 6.83. The first kappa shape index (κ1) is 14.1. The molecule has 0 bridgehead atoms. The average molecular weight is 302 g/mol. The van der Waals surface area contributed by atoms with Crippen molar-refractivity contribution >= 4 is 5.91 Å². The van der Waals surface area contributed by atoms with Crippen molar-refractivity contribution in [3.63, 3.8) is 0 Å². The third-order valence-electron chi connectivity index (χ3n) is 5.78. The van der Waals surface area contributed by atoms with Crippen LogP contribution in [0.5, 0.6) is 0 Å². The molecule has 3 heterocycles. The first-order valence-corrected chi connectivity index (χ1v) is 8.09. The van der Waals surface area contributed by atoms with E-state index in [2.05, 4.69) is 15.2 Å². The Morgan fingerprint density at radius 2 is 2.41 bits per heavy atom. The summed E-state index contributed by atoms with van der Waals surface area (Å²) >= 11 is 0. The molecule has 4 rings (SSSR count). The SMILES string of the molecule is O=C(NO)c1cnc2c(c1)CCN([C@H]1CC[C@]13CCNC3)C2. The summed E-state index contributed by atoms with van der Waals surface area (Å²) in [6, 6.07) is 2.54. The van der Waals surface area contributed by atoms with Crippen LogP contribution in [-0.2, 0) is 13.0 Å². The number of fused-ring (bicyclic) bond motifs is 1. The molecule has 3 N–H and O–H groups in total. The van der Waals surface area contributed by atoms with Gasteiger partial charge < -0.3 is 5.32 Å². The topological polar surface area (TPSA) is 77.5 Å². The van der Waals surface area contributed by atoms with Crippen molar-refractivity contribution in [3.8, 4) is 0 Å². The van der Waals surface area contributed by atoms with Gasteiger partial charge in [0.25, 0.3) is 5.91 Å². The number of hydrogen-bond acceptors (Lipinski definition) is 5. The Morgan fingerprint density at radius 3 is 3.09 bits per heavy atom. The van der Waals surface area contributed by atoms with E-state index < -0.39 is 5.91 Å². The minimum Gasteiger partial charge on any atom is -0.316 e. The molecule has 1 spiro atoms. The number of hydroxylamine groups is 1. The van der Waals surface area contributed by atoms with Crippen molar-refractivity contribution in [1.82, 2.24) is 20.7 Å². The molecule has 1 saturated carbocycles. The molecule has 0 aromatic carbocycles. The first-order chi connectivity index (χ1) is 10.7. The van der Waals surface area contributed by atoms with Gasteiger partial charge in [-0.25, -0.2) is 5.48 Å². The summed E-state index contributed by atoms with van der Waals surface area (Å²) in [5, 5.41) is 12.2. The number of pyridine rings is 1. The Kier molecular flexibility index (Phi) is 3.40. The number of nitrogens with zero attached hydrogens (tertiary/aromatic N) is 2. The van der Waals surface area contributed by atoms with Gasteiger partial charge >= 0.3 is 0 Å². The van der Waals surface area contributed by atoms with Crippen LogP contribution in [0.2, 0.25) is 0 Å². The lowest BCUT2D eigenvalue weighted by molar-refractivity contribution is -0.0211. The minimum atomic E-state index is -0.493. The Bertz CT molecular complexity index is 598. The van der Waals surface area contributed by atoms with Crippen LogP contribution in [0, 0.1) is 5.41 Å². The van der Waals surface area contributed by atoms with E-state index in [0.717, 1.165) is 43.9 Å². The fourth-order valence-electron chi connectivity index (χ4n) is 4.40. The predicted octanol–water partition coefficient (Wildman–Crippen LogP) is 0.701. The van der Waals surface area contributed by atoms with Crippen LogP contribution in [0.25, 0.3) is 0 Å². The zero-order chi connectivity index (χ0) is 15.2. The number of nitrogens with one attached hydrogen (secondary N) is 2. The summed E-state index contributed by atoms with van der Waals surface area (Å²) < 4.78 is 0. The quantitative estimate of drug-likeness (QED) is 0.554. The average Bonchev–Trinajstić information content (AvgIpc) is 3.05. The molecule has 6 nitrogen and oxygen atoms in total. The highest BCUT2D eigenvalue weighted by Gasteiger charge is 2.51. The van der Waals surface area contributed by atoms with E-state index in [1.54, 1.807) is 11.7 Å². The highest BCUT2D eigenvalue weighted by Crippen LogP contribution is 2.49. The molecule has 1 aromatic rings. The van der Waals surface area contributed by atoms with Crippen molar-refractivity contribution in [2.45, 2.75) is 38.3 Å². The molecular formula is C16H22N4O2. The molecule has 0 radical (unpaired) electrons. The van der Waals surface area contributed by atoms with Crippen LogP contribution in [0.1, 0.15) is 40.9 Å². The summed E-state index contributed by atoms with van der Waals surface area (Å²) in [7, 11) is 0. The van der Waals surface area contributed by atoms with Crippen LogP contribution in [-0.4, -0.2) is 46.7 Å². The Hall–Kier alpha value is -1.50. The summed E-state index contributed by atoms with van der Waals surface area (Å²) in [6.07, 6.45) is 6.42. The van der Waals surface area contributed by atoms with Gasteiger partial charge in [-0.15, -0.1) is 0 Å². The standard InChI is InChI=1S/C16H22N4O2/c21-15(19-22)12-7-11-2-6-20(9-13(11)18-8-12)14-1-3-16(14)4-5-17-10-16/h7-8,14,17,22H,1-6,9-10H2,(H,19,21)/t14-,16+/m0/s1. The molecule has 2 fully saturated rings. The third-order valence-corrected chi connectivity index (χ3v) is 5.78. The van der Waals surface area contributed by atoms with Gasteiger partial charge in [-0.3, -0.25) is 19.9 Å². The molecular weight excluding hydrogens is 280 g/mol. The number of rotatable bonds is 2. The zero-order valence-corrected chi connectivity index (χ0v) is 12.6. The second-order valence-electron chi connectivity index (χ2n) is 6.83. The second kappa shape index (κ2) is 5.30. The lowest BCUT2D eigenvalue weighted by Gasteiger charge is -2.53. The summed E-state index contributed by atoms with van der Waals surface area (Å²) in [6.45, 7) is 4.22. The molecule has 2 atom stereocenters. The number of amides is 1. The normalized spacial score (nSPS) is 30.9. The van der Waals surface area contributed by atoms with E-state index in [0.29, 0.717) is 17.0 Å². The van der Waals surface area contributed by atoms with E-state index in [9.17, 15) is 4.79 Å². The molecule has 0 unspecified atom stereocenters. The molecule has 2 aliphatic heterocycles. The van der Waals surface area contributed by atoms with Gasteiger partial charge in [0.2, 0.25) is 0 Å². The van der Waals surface area contributed by atoms with Crippen LogP contribution in [0.3, 0.4) is 0 Å². The van der Waals surface area contributed by atoms with Gasteiger partial charge in [-0.1, -0.05) is 0 Å². The van der Waals surface area contributed by atoms with Crippen LogP contribution in [0.4, 0.5) is 0 Å². The van der Waals surface area contributed by atoms with Crippen molar-refractivity contribution in [2.24, 2.45) is 5.41 Å². The summed E-state index contributed by atoms with van der Waals surface area (Å²) in [5.74, 6) is -0.493. The first-order valence-electron chi connectivity index (χ1n) is 8.09. The molecule has 3 aliphatic rings. The highest BCUT2D eigenvalue weighted by molar-refractivity contribution is 5.93. The monoisotopic (exact) mass is 302 g/mol. The van der Waals surface area contributed by atoms with E-state index in [1.807, 2.05) is 6.07 Å². The summed E-state index contributed by atoms with van der Waals surface area (Å²) in [4.78, 5) is 18.5. The van der Waals surface area contributed by atoms with Crippen molar-refractivity contribution < 1.29 is 10.0 Å². The largest absolute Gasteiger partial charge is 0.316 e. The molecule has 6 heteroatoms. The Balaban J connectivity index is 1.51. The Labute approximate surface area is 129 Å². The van der Waals surface area contributed by atoms with Gasteiger partial charge in [0.1, 0.15) is 0 Å². The van der Waals surface area contributed by atoms with Crippen molar-refractivity contribution in [1.29, 1.82) is 0 Å². The molecule has 1 amide bonds. The third kappa shape index (κ3) is 2.14. The summed E-state index contributed by atoms with van der Waals surface area (Å²) in [5.41, 5.74) is 4.80. The number of carbonyl (C=O) groups is 1. The predicted molar refractivity (Wildman–Crippen MR) is 80.5 cm³/mol. The maximum Gasteiger partial charge on any atom is 0.276 e.